The zero-order chi connectivity index (χ0) is 23.2. The molecule has 1 saturated heterocycles. The van der Waals surface area contributed by atoms with Crippen LogP contribution in [0.25, 0.3) is 0 Å². The van der Waals surface area contributed by atoms with Gasteiger partial charge < -0.3 is 24.4 Å². The molecule has 174 valence electrons. The number of anilines is 1. The maximum atomic E-state index is 12.7. The highest BCUT2D eigenvalue weighted by atomic mass is 16.6. The van der Waals surface area contributed by atoms with Crippen LogP contribution in [0.4, 0.5) is 11.4 Å². The van der Waals surface area contributed by atoms with Crippen LogP contribution >= 0.6 is 0 Å². The highest BCUT2D eigenvalue weighted by Crippen LogP contribution is 2.31. The Balaban J connectivity index is 1.33. The van der Waals surface area contributed by atoms with E-state index in [9.17, 15) is 19.7 Å². The van der Waals surface area contributed by atoms with E-state index in [-0.39, 0.29) is 30.5 Å². The van der Waals surface area contributed by atoms with Crippen molar-refractivity contribution >= 4 is 23.3 Å². The van der Waals surface area contributed by atoms with Crippen molar-refractivity contribution in [2.75, 3.05) is 37.7 Å². The predicted molar refractivity (Wildman–Crippen MR) is 119 cm³/mol. The van der Waals surface area contributed by atoms with E-state index in [2.05, 4.69) is 5.32 Å². The van der Waals surface area contributed by atoms with E-state index in [4.69, 9.17) is 14.2 Å². The molecule has 2 aliphatic heterocycles. The number of carbonyl (C=O) groups is 2. The lowest BCUT2D eigenvalue weighted by Gasteiger charge is -2.30. The summed E-state index contributed by atoms with van der Waals surface area (Å²) in [5.41, 5.74) is 0.457. The van der Waals surface area contributed by atoms with Gasteiger partial charge in [0.05, 0.1) is 22.7 Å². The molecule has 0 spiro atoms. The molecule has 0 bridgehead atoms. The maximum absolute atomic E-state index is 12.7. The highest BCUT2D eigenvalue weighted by Gasteiger charge is 2.24. The number of benzene rings is 2. The van der Waals surface area contributed by atoms with E-state index in [0.717, 1.165) is 32.4 Å². The van der Waals surface area contributed by atoms with Gasteiger partial charge in [0.2, 0.25) is 0 Å². The zero-order valence-electron chi connectivity index (χ0n) is 18.0. The molecule has 2 aromatic rings. The number of hydrogen-bond acceptors (Lipinski definition) is 8. The minimum absolute atomic E-state index is 0.0829. The number of non-ortho nitro benzene ring substituents is 1. The Morgan fingerprint density at radius 3 is 2.64 bits per heavy atom. The van der Waals surface area contributed by atoms with Crippen molar-refractivity contribution in [2.24, 2.45) is 0 Å². The van der Waals surface area contributed by atoms with E-state index in [1.807, 2.05) is 17.0 Å². The third-order valence-corrected chi connectivity index (χ3v) is 5.54. The van der Waals surface area contributed by atoms with Crippen LogP contribution in [-0.4, -0.2) is 55.8 Å². The molecule has 10 heteroatoms. The second-order valence-corrected chi connectivity index (χ2v) is 7.88. The number of nitrogens with zero attached hydrogens (tertiary/aromatic N) is 2. The van der Waals surface area contributed by atoms with Crippen LogP contribution in [-0.2, 0) is 9.53 Å². The van der Waals surface area contributed by atoms with Crippen LogP contribution < -0.4 is 19.7 Å². The van der Waals surface area contributed by atoms with Gasteiger partial charge in [0.15, 0.2) is 18.1 Å². The third-order valence-electron chi connectivity index (χ3n) is 5.54. The average Bonchev–Trinajstić information content (AvgIpc) is 2.86. The molecule has 0 aliphatic carbocycles. The van der Waals surface area contributed by atoms with Crippen LogP contribution in [0.5, 0.6) is 11.5 Å². The van der Waals surface area contributed by atoms with Crippen LogP contribution in [0.15, 0.2) is 42.5 Å². The fourth-order valence-electron chi connectivity index (χ4n) is 3.86. The molecule has 1 fully saturated rings. The fourth-order valence-corrected chi connectivity index (χ4v) is 3.86. The Morgan fingerprint density at radius 2 is 1.88 bits per heavy atom. The van der Waals surface area contributed by atoms with Crippen molar-refractivity contribution in [2.45, 2.75) is 25.4 Å². The van der Waals surface area contributed by atoms with Crippen molar-refractivity contribution in [3.63, 3.8) is 0 Å². The van der Waals surface area contributed by atoms with Gasteiger partial charge in [0, 0.05) is 25.2 Å². The first kappa shape index (κ1) is 22.4. The van der Waals surface area contributed by atoms with Crippen LogP contribution in [0.1, 0.15) is 29.6 Å². The van der Waals surface area contributed by atoms with Crippen LogP contribution in [0.2, 0.25) is 0 Å². The van der Waals surface area contributed by atoms with Crippen molar-refractivity contribution in [3.8, 4) is 11.5 Å². The number of nitro groups is 1. The quantitative estimate of drug-likeness (QED) is 0.384. The first-order valence-electron chi connectivity index (χ1n) is 10.9. The van der Waals surface area contributed by atoms with Crippen molar-refractivity contribution in [1.29, 1.82) is 0 Å². The third kappa shape index (κ3) is 5.51. The van der Waals surface area contributed by atoms with Crippen molar-refractivity contribution in [1.82, 2.24) is 5.32 Å². The van der Waals surface area contributed by atoms with Gasteiger partial charge >= 0.3 is 5.97 Å². The molecule has 10 nitrogen and oxygen atoms in total. The fraction of sp³-hybridized carbons (Fsp3) is 0.391. The van der Waals surface area contributed by atoms with Gasteiger partial charge in [-0.05, 0) is 37.5 Å². The smallest absolute Gasteiger partial charge is 0.341 e. The molecule has 2 aliphatic rings. The number of fused-ring (bicyclic) bond motifs is 1. The summed E-state index contributed by atoms with van der Waals surface area (Å²) in [6, 6.07) is 11.4. The number of esters is 1. The number of hydrogen-bond donors (Lipinski definition) is 1. The topological polar surface area (TPSA) is 120 Å². The molecule has 0 aromatic heterocycles. The molecular weight excluding hydrogens is 430 g/mol. The van der Waals surface area contributed by atoms with Crippen LogP contribution in [0.3, 0.4) is 0 Å². The number of carbonyl (C=O) groups excluding carboxylic acids is 2. The highest BCUT2D eigenvalue weighted by molar-refractivity contribution is 5.97. The number of nitrogens with one attached hydrogen (secondary N) is 1. The molecule has 1 unspecified atom stereocenters. The Morgan fingerprint density at radius 1 is 1.12 bits per heavy atom. The summed E-state index contributed by atoms with van der Waals surface area (Å²) >= 11 is 0. The lowest BCUT2D eigenvalue weighted by molar-refractivity contribution is -0.384. The summed E-state index contributed by atoms with van der Waals surface area (Å²) in [6.45, 7) is 1.46. The van der Waals surface area contributed by atoms with Gasteiger partial charge in [0.1, 0.15) is 12.7 Å². The van der Waals surface area contributed by atoms with E-state index in [1.54, 1.807) is 18.2 Å². The Kier molecular flexibility index (Phi) is 6.92. The molecule has 0 saturated carbocycles. The summed E-state index contributed by atoms with van der Waals surface area (Å²) in [5, 5.41) is 13.9. The first-order chi connectivity index (χ1) is 16.0. The van der Waals surface area contributed by atoms with Gasteiger partial charge in [-0.1, -0.05) is 12.1 Å². The summed E-state index contributed by atoms with van der Waals surface area (Å²) in [4.78, 5) is 37.6. The standard InChI is InChI=1S/C23H25N3O7/c27-22(24-13-17-14-31-20-6-2-3-7-21(20)33-17)15-32-23(28)18-12-16(26(29)30)8-9-19(18)25-10-4-1-5-11-25/h2-3,6-9,12,17H,1,4-5,10-11,13-15H2,(H,24,27). The average molecular weight is 455 g/mol. The van der Waals surface area contributed by atoms with Crippen molar-refractivity contribution < 1.29 is 28.7 Å². The van der Waals surface area contributed by atoms with Crippen LogP contribution in [0, 0.1) is 10.1 Å². The Hall–Kier alpha value is -3.82. The molecule has 0 radical (unpaired) electrons. The van der Waals surface area contributed by atoms with Gasteiger partial charge in [0.25, 0.3) is 11.6 Å². The normalized spacial score (nSPS) is 17.2. The Bertz CT molecular complexity index is 1040. The summed E-state index contributed by atoms with van der Waals surface area (Å²) in [5.74, 6) is -0.0304. The number of amides is 1. The molecule has 1 N–H and O–H groups in total. The Labute approximate surface area is 190 Å². The molecule has 2 heterocycles. The predicted octanol–water partition coefficient (Wildman–Crippen LogP) is 2.70. The molecule has 1 amide bonds. The number of rotatable bonds is 7. The van der Waals surface area contributed by atoms with Crippen molar-refractivity contribution in [3.05, 3.63) is 58.1 Å². The second-order valence-electron chi connectivity index (χ2n) is 7.88. The van der Waals surface area contributed by atoms with E-state index < -0.39 is 23.4 Å². The summed E-state index contributed by atoms with van der Waals surface area (Å²) < 4.78 is 16.6. The number of ether oxygens (including phenoxy) is 3. The molecule has 2 aromatic carbocycles. The number of piperidine rings is 1. The van der Waals surface area contributed by atoms with E-state index in [0.29, 0.717) is 17.2 Å². The number of para-hydroxylation sites is 2. The molecule has 33 heavy (non-hydrogen) atoms. The summed E-state index contributed by atoms with van der Waals surface area (Å²) in [6.07, 6.45) is 2.68. The largest absolute Gasteiger partial charge is 0.486 e. The summed E-state index contributed by atoms with van der Waals surface area (Å²) in [7, 11) is 0. The monoisotopic (exact) mass is 455 g/mol. The SMILES string of the molecule is O=C(COC(=O)c1cc([N+](=O)[O-])ccc1N1CCCCC1)NCC1COc2ccccc2O1. The van der Waals surface area contributed by atoms with Gasteiger partial charge in [-0.3, -0.25) is 14.9 Å². The first-order valence-corrected chi connectivity index (χ1v) is 10.9. The van der Waals surface area contributed by atoms with Gasteiger partial charge in [-0.25, -0.2) is 4.79 Å². The van der Waals surface area contributed by atoms with Gasteiger partial charge in [-0.2, -0.15) is 0 Å². The van der Waals surface area contributed by atoms with E-state index in [1.165, 1.54) is 12.1 Å². The maximum Gasteiger partial charge on any atom is 0.341 e. The molecular formula is C23H25N3O7. The lowest BCUT2D eigenvalue weighted by atomic mass is 10.1. The molecule has 1 atom stereocenters. The number of nitro benzene ring substituents is 1. The second kappa shape index (κ2) is 10.2. The zero-order valence-corrected chi connectivity index (χ0v) is 18.0. The minimum Gasteiger partial charge on any atom is -0.486 e. The van der Waals surface area contributed by atoms with Gasteiger partial charge in [-0.15, -0.1) is 0 Å². The lowest BCUT2D eigenvalue weighted by Crippen LogP contribution is -2.42. The van der Waals surface area contributed by atoms with E-state index >= 15 is 0 Å². The molecule has 4 rings (SSSR count). The minimum atomic E-state index is -0.777.